The van der Waals surface area contributed by atoms with Crippen molar-refractivity contribution in [2.45, 2.75) is 6.92 Å². The molecular weight excluding hydrogens is 336 g/mol. The average Bonchev–Trinajstić information content (AvgIpc) is 2.40. The number of hydrogen-bond acceptors (Lipinski definition) is 3. The van der Waals surface area contributed by atoms with Gasteiger partial charge in [-0.1, -0.05) is 15.9 Å². The van der Waals surface area contributed by atoms with Gasteiger partial charge in [0, 0.05) is 10.0 Å². The maximum absolute atomic E-state index is 12.2. The van der Waals surface area contributed by atoms with Crippen LogP contribution in [0.2, 0.25) is 0 Å². The summed E-state index contributed by atoms with van der Waals surface area (Å²) in [6.45, 7) is 1.83. The third kappa shape index (κ3) is 3.41. The molecule has 0 aromatic heterocycles. The van der Waals surface area contributed by atoms with E-state index in [9.17, 15) is 9.59 Å². The molecule has 21 heavy (non-hydrogen) atoms. The van der Waals surface area contributed by atoms with Crippen molar-refractivity contribution in [2.24, 2.45) is 0 Å². The van der Waals surface area contributed by atoms with Gasteiger partial charge in [0.05, 0.1) is 16.9 Å². The van der Waals surface area contributed by atoms with Crippen LogP contribution in [0.3, 0.4) is 0 Å². The van der Waals surface area contributed by atoms with Crippen LogP contribution in [0.25, 0.3) is 0 Å². The Bertz CT molecular complexity index is 729. The van der Waals surface area contributed by atoms with Crippen molar-refractivity contribution in [3.63, 3.8) is 0 Å². The first-order valence-corrected chi connectivity index (χ1v) is 6.88. The molecule has 108 valence electrons. The molecule has 2 rings (SSSR count). The standard InChI is InChI=1S/C15H13BrN2O3/c1-8-6-10(16)3-4-11(8)14(19)18-13-5-2-9(15(20)21)7-12(13)17/h2-7H,17H2,1H3,(H,18,19)(H,20,21). The second-order valence-electron chi connectivity index (χ2n) is 4.52. The number of amides is 1. The fourth-order valence-corrected chi connectivity index (χ4v) is 2.36. The Balaban J connectivity index is 2.25. The van der Waals surface area contributed by atoms with E-state index in [0.717, 1.165) is 10.0 Å². The Morgan fingerprint density at radius 3 is 2.48 bits per heavy atom. The van der Waals surface area contributed by atoms with Gasteiger partial charge < -0.3 is 16.2 Å². The highest BCUT2D eigenvalue weighted by Crippen LogP contribution is 2.22. The molecule has 4 N–H and O–H groups in total. The van der Waals surface area contributed by atoms with Gasteiger partial charge in [-0.3, -0.25) is 4.79 Å². The normalized spacial score (nSPS) is 10.2. The summed E-state index contributed by atoms with van der Waals surface area (Å²) in [5.41, 5.74) is 7.77. The van der Waals surface area contributed by atoms with Gasteiger partial charge in [0.25, 0.3) is 5.91 Å². The van der Waals surface area contributed by atoms with Crippen LogP contribution in [0, 0.1) is 6.92 Å². The fraction of sp³-hybridized carbons (Fsp3) is 0.0667. The number of rotatable bonds is 3. The van der Waals surface area contributed by atoms with E-state index in [0.29, 0.717) is 11.3 Å². The number of aromatic carboxylic acids is 1. The van der Waals surface area contributed by atoms with Gasteiger partial charge in [0.1, 0.15) is 0 Å². The van der Waals surface area contributed by atoms with Crippen molar-refractivity contribution < 1.29 is 14.7 Å². The molecule has 6 heteroatoms. The van der Waals surface area contributed by atoms with Gasteiger partial charge in [-0.05, 0) is 48.9 Å². The van der Waals surface area contributed by atoms with Crippen LogP contribution < -0.4 is 11.1 Å². The Morgan fingerprint density at radius 1 is 1.19 bits per heavy atom. The minimum Gasteiger partial charge on any atom is -0.478 e. The topological polar surface area (TPSA) is 92.4 Å². The van der Waals surface area contributed by atoms with Gasteiger partial charge in [0.15, 0.2) is 0 Å². The molecule has 2 aromatic carbocycles. The molecular formula is C15H13BrN2O3. The number of nitrogens with two attached hydrogens (primary N) is 1. The van der Waals surface area contributed by atoms with E-state index in [1.807, 2.05) is 13.0 Å². The molecule has 0 fully saturated rings. The van der Waals surface area contributed by atoms with Crippen LogP contribution in [0.15, 0.2) is 40.9 Å². The third-order valence-electron chi connectivity index (χ3n) is 2.98. The van der Waals surface area contributed by atoms with Crippen LogP contribution in [0.5, 0.6) is 0 Å². The molecule has 0 aliphatic rings. The summed E-state index contributed by atoms with van der Waals surface area (Å²) in [5, 5.41) is 11.6. The number of nitrogen functional groups attached to an aromatic ring is 1. The predicted octanol–water partition coefficient (Wildman–Crippen LogP) is 3.29. The molecule has 0 aliphatic carbocycles. The summed E-state index contributed by atoms with van der Waals surface area (Å²) in [7, 11) is 0. The highest BCUT2D eigenvalue weighted by molar-refractivity contribution is 9.10. The monoisotopic (exact) mass is 348 g/mol. The molecule has 1 amide bonds. The van der Waals surface area contributed by atoms with Gasteiger partial charge >= 0.3 is 5.97 Å². The van der Waals surface area contributed by atoms with E-state index in [-0.39, 0.29) is 17.2 Å². The van der Waals surface area contributed by atoms with Crippen LogP contribution in [-0.4, -0.2) is 17.0 Å². The fourth-order valence-electron chi connectivity index (χ4n) is 1.88. The highest BCUT2D eigenvalue weighted by atomic mass is 79.9. The van der Waals surface area contributed by atoms with Crippen LogP contribution >= 0.6 is 15.9 Å². The van der Waals surface area contributed by atoms with Crippen molar-refractivity contribution in [1.82, 2.24) is 0 Å². The SMILES string of the molecule is Cc1cc(Br)ccc1C(=O)Nc1ccc(C(=O)O)cc1N. The summed E-state index contributed by atoms with van der Waals surface area (Å²) in [6.07, 6.45) is 0. The van der Waals surface area contributed by atoms with Crippen molar-refractivity contribution in [3.05, 3.63) is 57.6 Å². The van der Waals surface area contributed by atoms with E-state index >= 15 is 0 Å². The quantitative estimate of drug-likeness (QED) is 0.742. The van der Waals surface area contributed by atoms with Crippen molar-refractivity contribution in [2.75, 3.05) is 11.1 Å². The summed E-state index contributed by atoms with van der Waals surface area (Å²) < 4.78 is 0.891. The molecule has 0 saturated heterocycles. The van der Waals surface area contributed by atoms with Gasteiger partial charge in [-0.2, -0.15) is 0 Å². The Hall–Kier alpha value is -2.34. The molecule has 2 aromatic rings. The Labute approximate surface area is 129 Å². The maximum Gasteiger partial charge on any atom is 0.335 e. The summed E-state index contributed by atoms with van der Waals surface area (Å²) >= 11 is 3.34. The minimum absolute atomic E-state index is 0.0744. The first kappa shape index (κ1) is 15.1. The van der Waals surface area contributed by atoms with E-state index in [4.69, 9.17) is 10.8 Å². The molecule has 0 heterocycles. The van der Waals surface area contributed by atoms with Crippen LogP contribution in [0.4, 0.5) is 11.4 Å². The second-order valence-corrected chi connectivity index (χ2v) is 5.44. The molecule has 5 nitrogen and oxygen atoms in total. The number of carboxylic acid groups (broad SMARTS) is 1. The summed E-state index contributed by atoms with van der Waals surface area (Å²) in [5.74, 6) is -1.36. The first-order chi connectivity index (χ1) is 9.88. The highest BCUT2D eigenvalue weighted by Gasteiger charge is 2.12. The molecule has 0 saturated carbocycles. The van der Waals surface area contributed by atoms with Crippen molar-refractivity contribution in [3.8, 4) is 0 Å². The number of hydrogen-bond donors (Lipinski definition) is 3. The number of benzene rings is 2. The molecule has 0 atom stereocenters. The molecule has 0 bridgehead atoms. The lowest BCUT2D eigenvalue weighted by Gasteiger charge is -2.10. The number of carbonyl (C=O) groups is 2. The number of aryl methyl sites for hydroxylation is 1. The molecule has 0 unspecified atom stereocenters. The number of carbonyl (C=O) groups excluding carboxylic acids is 1. The summed E-state index contributed by atoms with van der Waals surface area (Å²) in [6, 6.07) is 9.50. The van der Waals surface area contributed by atoms with Gasteiger partial charge in [0.2, 0.25) is 0 Å². The molecule has 0 radical (unpaired) electrons. The lowest BCUT2D eigenvalue weighted by Crippen LogP contribution is -2.14. The number of halogens is 1. The average molecular weight is 349 g/mol. The van der Waals surface area contributed by atoms with Gasteiger partial charge in [-0.15, -0.1) is 0 Å². The number of nitrogens with one attached hydrogen (secondary N) is 1. The van der Waals surface area contributed by atoms with E-state index < -0.39 is 5.97 Å². The van der Waals surface area contributed by atoms with Crippen molar-refractivity contribution in [1.29, 1.82) is 0 Å². The predicted molar refractivity (Wildman–Crippen MR) is 84.6 cm³/mol. The molecule has 0 aliphatic heterocycles. The first-order valence-electron chi connectivity index (χ1n) is 6.09. The zero-order valence-corrected chi connectivity index (χ0v) is 12.8. The summed E-state index contributed by atoms with van der Waals surface area (Å²) in [4.78, 5) is 23.1. The largest absolute Gasteiger partial charge is 0.478 e. The smallest absolute Gasteiger partial charge is 0.335 e. The zero-order chi connectivity index (χ0) is 15.6. The minimum atomic E-state index is -1.07. The van der Waals surface area contributed by atoms with Crippen LogP contribution in [-0.2, 0) is 0 Å². The number of anilines is 2. The van der Waals surface area contributed by atoms with E-state index in [2.05, 4.69) is 21.2 Å². The number of carboxylic acids is 1. The van der Waals surface area contributed by atoms with E-state index in [1.54, 1.807) is 12.1 Å². The third-order valence-corrected chi connectivity index (χ3v) is 3.47. The Morgan fingerprint density at radius 2 is 1.90 bits per heavy atom. The lowest BCUT2D eigenvalue weighted by atomic mass is 10.1. The Kier molecular flexibility index (Phi) is 4.28. The maximum atomic E-state index is 12.2. The van der Waals surface area contributed by atoms with Gasteiger partial charge in [-0.25, -0.2) is 4.79 Å². The lowest BCUT2D eigenvalue weighted by molar-refractivity contribution is 0.0697. The van der Waals surface area contributed by atoms with Crippen LogP contribution in [0.1, 0.15) is 26.3 Å². The van der Waals surface area contributed by atoms with Crippen molar-refractivity contribution >= 4 is 39.2 Å². The van der Waals surface area contributed by atoms with E-state index in [1.165, 1.54) is 18.2 Å². The zero-order valence-electron chi connectivity index (χ0n) is 11.2. The second kappa shape index (κ2) is 5.97. The molecule has 0 spiro atoms.